The third kappa shape index (κ3) is 2.74. The highest BCUT2D eigenvalue weighted by Gasteiger charge is 2.42. The summed E-state index contributed by atoms with van der Waals surface area (Å²) < 4.78 is 5.15. The molecule has 1 unspecified atom stereocenters. The number of ether oxygens (including phenoxy) is 1. The number of hydrogen-bond donors (Lipinski definition) is 2. The Labute approximate surface area is 110 Å². The van der Waals surface area contributed by atoms with Crippen LogP contribution in [0.15, 0.2) is 0 Å². The van der Waals surface area contributed by atoms with E-state index in [2.05, 4.69) is 10.6 Å². The topological polar surface area (TPSA) is 108 Å². The van der Waals surface area contributed by atoms with Crippen molar-refractivity contribution in [1.29, 1.82) is 5.26 Å². The molecule has 2 N–H and O–H groups in total. The normalized spacial score (nSPS) is 26.2. The van der Waals surface area contributed by atoms with Crippen molar-refractivity contribution in [2.24, 2.45) is 5.41 Å². The molecular formula is C12H15N3O4. The van der Waals surface area contributed by atoms with Gasteiger partial charge in [-0.3, -0.25) is 19.7 Å². The van der Waals surface area contributed by atoms with Crippen molar-refractivity contribution < 1.29 is 19.1 Å². The monoisotopic (exact) mass is 265 g/mol. The summed E-state index contributed by atoms with van der Waals surface area (Å²) in [5, 5.41) is 14.0. The second kappa shape index (κ2) is 5.36. The van der Waals surface area contributed by atoms with Gasteiger partial charge >= 0.3 is 0 Å². The fourth-order valence-electron chi connectivity index (χ4n) is 2.24. The van der Waals surface area contributed by atoms with E-state index >= 15 is 0 Å². The summed E-state index contributed by atoms with van der Waals surface area (Å²) in [5.41, 5.74) is -1.13. The van der Waals surface area contributed by atoms with Gasteiger partial charge in [0.25, 0.3) is 0 Å². The molecule has 0 spiro atoms. The fourth-order valence-corrected chi connectivity index (χ4v) is 2.24. The Balaban J connectivity index is 2.02. The number of nitriles is 1. The van der Waals surface area contributed by atoms with Gasteiger partial charge in [0.05, 0.1) is 6.07 Å². The molecule has 3 amide bonds. The minimum absolute atomic E-state index is 0.194. The SMILES string of the molecule is N#CC1(C(=O)NC2CCC(=O)NC2=O)CCOCC1. The zero-order valence-corrected chi connectivity index (χ0v) is 10.4. The second-order valence-electron chi connectivity index (χ2n) is 4.78. The minimum atomic E-state index is -1.13. The molecule has 2 rings (SSSR count). The van der Waals surface area contributed by atoms with Gasteiger partial charge in [-0.05, 0) is 19.3 Å². The van der Waals surface area contributed by atoms with Gasteiger partial charge in [-0.1, -0.05) is 0 Å². The third-order valence-corrected chi connectivity index (χ3v) is 3.54. The first-order valence-corrected chi connectivity index (χ1v) is 6.21. The van der Waals surface area contributed by atoms with E-state index in [0.717, 1.165) is 0 Å². The largest absolute Gasteiger partial charge is 0.381 e. The van der Waals surface area contributed by atoms with E-state index in [1.165, 1.54) is 0 Å². The van der Waals surface area contributed by atoms with Crippen LogP contribution in [0.3, 0.4) is 0 Å². The van der Waals surface area contributed by atoms with E-state index in [0.29, 0.717) is 26.1 Å². The van der Waals surface area contributed by atoms with E-state index in [1.54, 1.807) is 0 Å². The summed E-state index contributed by atoms with van der Waals surface area (Å²) in [5.74, 6) is -1.30. The summed E-state index contributed by atoms with van der Waals surface area (Å²) in [6, 6.07) is 1.30. The van der Waals surface area contributed by atoms with Gasteiger partial charge < -0.3 is 10.1 Å². The summed E-state index contributed by atoms with van der Waals surface area (Å²) in [7, 11) is 0. The maximum atomic E-state index is 12.2. The number of carbonyl (C=O) groups excluding carboxylic acids is 3. The Morgan fingerprint density at radius 1 is 1.42 bits per heavy atom. The van der Waals surface area contributed by atoms with Crippen LogP contribution in [-0.2, 0) is 19.1 Å². The number of piperidine rings is 1. The molecule has 0 aromatic heterocycles. The van der Waals surface area contributed by atoms with Crippen LogP contribution in [0.25, 0.3) is 0 Å². The van der Waals surface area contributed by atoms with Crippen molar-refractivity contribution in [3.05, 3.63) is 0 Å². The first-order valence-electron chi connectivity index (χ1n) is 6.21. The Hall–Kier alpha value is -1.94. The average molecular weight is 265 g/mol. The third-order valence-electron chi connectivity index (χ3n) is 3.54. The summed E-state index contributed by atoms with van der Waals surface area (Å²) >= 11 is 0. The standard InChI is InChI=1S/C12H15N3O4/c13-7-12(3-5-19-6-4-12)11(18)14-8-1-2-9(16)15-10(8)17/h8H,1-6H2,(H,14,18)(H,15,16,17). The number of nitrogens with one attached hydrogen (secondary N) is 2. The van der Waals surface area contributed by atoms with Crippen LogP contribution in [0.4, 0.5) is 0 Å². The lowest BCUT2D eigenvalue weighted by Gasteiger charge is -2.31. The lowest BCUT2D eigenvalue weighted by Crippen LogP contribution is -2.55. The molecule has 2 aliphatic heterocycles. The Morgan fingerprint density at radius 3 is 2.68 bits per heavy atom. The van der Waals surface area contributed by atoms with Crippen molar-refractivity contribution in [2.75, 3.05) is 13.2 Å². The molecule has 0 radical (unpaired) electrons. The second-order valence-corrected chi connectivity index (χ2v) is 4.78. The van der Waals surface area contributed by atoms with Gasteiger partial charge in [0.15, 0.2) is 0 Å². The van der Waals surface area contributed by atoms with Crippen LogP contribution in [0.2, 0.25) is 0 Å². The molecule has 0 bridgehead atoms. The molecule has 0 aromatic carbocycles. The molecule has 2 saturated heterocycles. The smallest absolute Gasteiger partial charge is 0.249 e. The predicted octanol–water partition coefficient (Wildman–Crippen LogP) is -0.772. The van der Waals surface area contributed by atoms with Gasteiger partial charge in [0, 0.05) is 19.6 Å². The molecule has 7 heteroatoms. The molecule has 19 heavy (non-hydrogen) atoms. The summed E-state index contributed by atoms with van der Waals surface area (Å²) in [4.78, 5) is 34.8. The molecular weight excluding hydrogens is 250 g/mol. The van der Waals surface area contributed by atoms with Gasteiger partial charge in [-0.2, -0.15) is 5.26 Å². The van der Waals surface area contributed by atoms with Crippen LogP contribution in [0, 0.1) is 16.7 Å². The average Bonchev–Trinajstić information content (AvgIpc) is 2.42. The summed E-state index contributed by atoms with van der Waals surface area (Å²) in [6.45, 7) is 0.715. The quantitative estimate of drug-likeness (QED) is 0.637. The van der Waals surface area contributed by atoms with Gasteiger partial charge in [0.1, 0.15) is 11.5 Å². The molecule has 7 nitrogen and oxygen atoms in total. The maximum absolute atomic E-state index is 12.2. The van der Waals surface area contributed by atoms with Crippen LogP contribution >= 0.6 is 0 Å². The number of amides is 3. The number of nitrogens with zero attached hydrogens (tertiary/aromatic N) is 1. The first kappa shape index (κ1) is 13.5. The Bertz CT molecular complexity index is 448. The predicted molar refractivity (Wildman–Crippen MR) is 62.4 cm³/mol. The van der Waals surface area contributed by atoms with E-state index in [1.807, 2.05) is 6.07 Å². The number of imide groups is 1. The maximum Gasteiger partial charge on any atom is 0.249 e. The number of carbonyl (C=O) groups is 3. The van der Waals surface area contributed by atoms with E-state index in [4.69, 9.17) is 4.74 Å². The molecule has 102 valence electrons. The number of rotatable bonds is 2. The van der Waals surface area contributed by atoms with Crippen molar-refractivity contribution in [1.82, 2.24) is 10.6 Å². The van der Waals surface area contributed by atoms with Crippen molar-refractivity contribution in [2.45, 2.75) is 31.7 Å². The van der Waals surface area contributed by atoms with Crippen molar-refractivity contribution >= 4 is 17.7 Å². The van der Waals surface area contributed by atoms with Crippen LogP contribution in [-0.4, -0.2) is 37.0 Å². The van der Waals surface area contributed by atoms with Crippen LogP contribution < -0.4 is 10.6 Å². The van der Waals surface area contributed by atoms with Crippen molar-refractivity contribution in [3.8, 4) is 6.07 Å². The first-order chi connectivity index (χ1) is 9.07. The molecule has 2 aliphatic rings. The van der Waals surface area contributed by atoms with E-state index < -0.39 is 23.3 Å². The molecule has 1 atom stereocenters. The molecule has 0 saturated carbocycles. The zero-order valence-electron chi connectivity index (χ0n) is 10.4. The summed E-state index contributed by atoms with van der Waals surface area (Å²) in [6.07, 6.45) is 1.11. The highest BCUT2D eigenvalue weighted by atomic mass is 16.5. The van der Waals surface area contributed by atoms with E-state index in [-0.39, 0.29) is 18.7 Å². The Morgan fingerprint density at radius 2 is 2.11 bits per heavy atom. The van der Waals surface area contributed by atoms with Gasteiger partial charge in [0.2, 0.25) is 17.7 Å². The Kier molecular flexibility index (Phi) is 3.81. The molecule has 2 fully saturated rings. The minimum Gasteiger partial charge on any atom is -0.381 e. The van der Waals surface area contributed by atoms with Gasteiger partial charge in [-0.25, -0.2) is 0 Å². The molecule has 2 heterocycles. The number of hydrogen-bond acceptors (Lipinski definition) is 5. The lowest BCUT2D eigenvalue weighted by molar-refractivity contribution is -0.140. The van der Waals surface area contributed by atoms with Crippen LogP contribution in [0.5, 0.6) is 0 Å². The zero-order chi connectivity index (χ0) is 13.9. The van der Waals surface area contributed by atoms with Crippen molar-refractivity contribution in [3.63, 3.8) is 0 Å². The lowest BCUT2D eigenvalue weighted by atomic mass is 9.80. The highest BCUT2D eigenvalue weighted by Crippen LogP contribution is 2.30. The van der Waals surface area contributed by atoms with E-state index in [9.17, 15) is 19.6 Å². The highest BCUT2D eigenvalue weighted by molar-refractivity contribution is 6.02. The van der Waals surface area contributed by atoms with Crippen LogP contribution in [0.1, 0.15) is 25.7 Å². The fraction of sp³-hybridized carbons (Fsp3) is 0.667. The van der Waals surface area contributed by atoms with Gasteiger partial charge in [-0.15, -0.1) is 0 Å². The molecule has 0 aromatic rings. The molecule has 0 aliphatic carbocycles.